The second kappa shape index (κ2) is 8.49. The Hall–Kier alpha value is -1.59. The minimum Gasteiger partial charge on any atom is -0.464 e. The van der Waals surface area contributed by atoms with E-state index in [1.165, 1.54) is 19.3 Å². The third kappa shape index (κ3) is 5.16. The molecule has 0 amide bonds. The van der Waals surface area contributed by atoms with E-state index in [-0.39, 0.29) is 0 Å². The van der Waals surface area contributed by atoms with E-state index in [1.807, 2.05) is 6.92 Å². The van der Waals surface area contributed by atoms with E-state index >= 15 is 0 Å². The van der Waals surface area contributed by atoms with E-state index in [4.69, 9.17) is 4.74 Å². The third-order valence-corrected chi connectivity index (χ3v) is 2.43. The van der Waals surface area contributed by atoms with Crippen molar-refractivity contribution < 1.29 is 4.74 Å². The highest BCUT2D eigenvalue weighted by Crippen LogP contribution is 2.11. The van der Waals surface area contributed by atoms with Crippen LogP contribution in [0.3, 0.4) is 0 Å². The Labute approximate surface area is 109 Å². The molecule has 102 valence electrons. The zero-order valence-electron chi connectivity index (χ0n) is 11.5. The van der Waals surface area contributed by atoms with E-state index in [0.29, 0.717) is 24.5 Å². The number of aromatic nitrogens is 3. The van der Waals surface area contributed by atoms with Crippen molar-refractivity contribution in [1.82, 2.24) is 15.0 Å². The van der Waals surface area contributed by atoms with Crippen LogP contribution >= 0.6 is 0 Å². The fourth-order valence-corrected chi connectivity index (χ4v) is 1.49. The van der Waals surface area contributed by atoms with Crippen molar-refractivity contribution in [3.05, 3.63) is 0 Å². The van der Waals surface area contributed by atoms with Crippen molar-refractivity contribution in [2.45, 2.75) is 39.5 Å². The maximum atomic E-state index is 5.29. The average molecular weight is 253 g/mol. The molecule has 1 heterocycles. The molecule has 1 aromatic rings. The Morgan fingerprint density at radius 1 is 1.00 bits per heavy atom. The molecule has 0 aliphatic heterocycles. The van der Waals surface area contributed by atoms with Crippen LogP contribution in [0.25, 0.3) is 0 Å². The van der Waals surface area contributed by atoms with Gasteiger partial charge in [0.25, 0.3) is 0 Å². The summed E-state index contributed by atoms with van der Waals surface area (Å²) < 4.78 is 5.29. The van der Waals surface area contributed by atoms with Gasteiger partial charge >= 0.3 is 6.01 Å². The van der Waals surface area contributed by atoms with Gasteiger partial charge in [-0.25, -0.2) is 0 Å². The second-order valence-electron chi connectivity index (χ2n) is 3.94. The van der Waals surface area contributed by atoms with Crippen LogP contribution in [-0.2, 0) is 0 Å². The smallest absolute Gasteiger partial charge is 0.323 e. The normalized spacial score (nSPS) is 10.2. The lowest BCUT2D eigenvalue weighted by molar-refractivity contribution is 0.312. The number of nitrogens with one attached hydrogen (secondary N) is 2. The van der Waals surface area contributed by atoms with E-state index in [2.05, 4.69) is 32.5 Å². The average Bonchev–Trinajstić information content (AvgIpc) is 2.38. The standard InChI is InChI=1S/C12H23N5O/c1-4-6-7-8-9-14-11-15-10(13-3)16-12(17-11)18-5-2/h4-9H2,1-3H3,(H2,13,14,15,16,17). The number of anilines is 2. The van der Waals surface area contributed by atoms with Gasteiger partial charge in [-0.05, 0) is 13.3 Å². The Bertz CT molecular complexity index is 345. The van der Waals surface area contributed by atoms with E-state index in [1.54, 1.807) is 7.05 Å². The first-order valence-electron chi connectivity index (χ1n) is 6.60. The summed E-state index contributed by atoms with van der Waals surface area (Å²) in [4.78, 5) is 12.5. The van der Waals surface area contributed by atoms with Gasteiger partial charge in [0.05, 0.1) is 6.61 Å². The molecular formula is C12H23N5O. The Morgan fingerprint density at radius 2 is 1.78 bits per heavy atom. The molecule has 0 spiro atoms. The van der Waals surface area contributed by atoms with Crippen LogP contribution in [0.4, 0.5) is 11.9 Å². The summed E-state index contributed by atoms with van der Waals surface area (Å²) in [6, 6.07) is 0.355. The molecule has 0 aliphatic rings. The largest absolute Gasteiger partial charge is 0.464 e. The molecule has 0 bridgehead atoms. The molecule has 0 saturated heterocycles. The highest BCUT2D eigenvalue weighted by molar-refractivity contribution is 5.35. The lowest BCUT2D eigenvalue weighted by Crippen LogP contribution is -2.10. The van der Waals surface area contributed by atoms with Gasteiger partial charge in [-0.15, -0.1) is 0 Å². The molecule has 0 unspecified atom stereocenters. The van der Waals surface area contributed by atoms with E-state index in [0.717, 1.165) is 13.0 Å². The summed E-state index contributed by atoms with van der Waals surface area (Å²) >= 11 is 0. The predicted octanol–water partition coefficient (Wildman–Crippen LogP) is 2.30. The zero-order chi connectivity index (χ0) is 13.2. The number of rotatable bonds is 9. The Kier molecular flexibility index (Phi) is 6.83. The first-order valence-corrected chi connectivity index (χ1v) is 6.60. The molecule has 2 N–H and O–H groups in total. The summed E-state index contributed by atoms with van der Waals surface area (Å²) in [5.74, 6) is 1.08. The summed E-state index contributed by atoms with van der Waals surface area (Å²) in [6.45, 7) is 5.52. The minimum absolute atomic E-state index is 0.355. The molecule has 0 atom stereocenters. The first kappa shape index (κ1) is 14.5. The molecule has 0 saturated carbocycles. The first-order chi connectivity index (χ1) is 8.80. The second-order valence-corrected chi connectivity index (χ2v) is 3.94. The van der Waals surface area contributed by atoms with Gasteiger partial charge in [-0.1, -0.05) is 26.2 Å². The van der Waals surface area contributed by atoms with Crippen molar-refractivity contribution in [1.29, 1.82) is 0 Å². The molecular weight excluding hydrogens is 230 g/mol. The molecule has 0 aromatic carbocycles. The van der Waals surface area contributed by atoms with Gasteiger partial charge in [0.15, 0.2) is 0 Å². The summed E-state index contributed by atoms with van der Waals surface area (Å²) in [6.07, 6.45) is 4.86. The molecule has 0 fully saturated rings. The van der Waals surface area contributed by atoms with E-state index in [9.17, 15) is 0 Å². The molecule has 1 aromatic heterocycles. The SMILES string of the molecule is CCCCCCNc1nc(NC)nc(OCC)n1. The zero-order valence-corrected chi connectivity index (χ0v) is 11.5. The van der Waals surface area contributed by atoms with Crippen LogP contribution in [0.5, 0.6) is 6.01 Å². The van der Waals surface area contributed by atoms with Gasteiger partial charge in [-0.2, -0.15) is 15.0 Å². The minimum atomic E-state index is 0.355. The fourth-order valence-electron chi connectivity index (χ4n) is 1.49. The molecule has 0 aliphatic carbocycles. The molecule has 18 heavy (non-hydrogen) atoms. The van der Waals surface area contributed by atoms with Crippen molar-refractivity contribution in [3.8, 4) is 6.01 Å². The Balaban J connectivity index is 2.50. The maximum Gasteiger partial charge on any atom is 0.323 e. The highest BCUT2D eigenvalue weighted by Gasteiger charge is 2.05. The molecule has 6 heteroatoms. The highest BCUT2D eigenvalue weighted by atomic mass is 16.5. The van der Waals surface area contributed by atoms with Crippen LogP contribution < -0.4 is 15.4 Å². The lowest BCUT2D eigenvalue weighted by atomic mass is 10.2. The summed E-state index contributed by atoms with van der Waals surface area (Å²) in [7, 11) is 1.77. The van der Waals surface area contributed by atoms with Crippen LogP contribution in [0.2, 0.25) is 0 Å². The summed E-state index contributed by atoms with van der Waals surface area (Å²) in [5, 5.41) is 6.09. The van der Waals surface area contributed by atoms with Gasteiger partial charge < -0.3 is 15.4 Å². The maximum absolute atomic E-state index is 5.29. The molecule has 6 nitrogen and oxygen atoms in total. The number of nitrogens with zero attached hydrogens (tertiary/aromatic N) is 3. The van der Waals surface area contributed by atoms with Gasteiger partial charge in [0, 0.05) is 13.6 Å². The molecule has 0 radical (unpaired) electrons. The Morgan fingerprint density at radius 3 is 2.44 bits per heavy atom. The topological polar surface area (TPSA) is 72.0 Å². The number of unbranched alkanes of at least 4 members (excludes halogenated alkanes) is 3. The lowest BCUT2D eigenvalue weighted by Gasteiger charge is -2.08. The predicted molar refractivity (Wildman–Crippen MR) is 73.2 cm³/mol. The quantitative estimate of drug-likeness (QED) is 0.658. The van der Waals surface area contributed by atoms with Crippen LogP contribution in [0, 0.1) is 0 Å². The van der Waals surface area contributed by atoms with Gasteiger partial charge in [-0.3, -0.25) is 0 Å². The number of ether oxygens (including phenoxy) is 1. The van der Waals surface area contributed by atoms with E-state index < -0.39 is 0 Å². The number of hydrogen-bond acceptors (Lipinski definition) is 6. The summed E-state index contributed by atoms with van der Waals surface area (Å²) in [5.41, 5.74) is 0. The fraction of sp³-hybridized carbons (Fsp3) is 0.750. The third-order valence-electron chi connectivity index (χ3n) is 2.43. The van der Waals surface area contributed by atoms with Crippen molar-refractivity contribution in [3.63, 3.8) is 0 Å². The van der Waals surface area contributed by atoms with Crippen LogP contribution in [-0.4, -0.2) is 35.2 Å². The van der Waals surface area contributed by atoms with Crippen molar-refractivity contribution in [2.75, 3.05) is 30.8 Å². The monoisotopic (exact) mass is 253 g/mol. The van der Waals surface area contributed by atoms with Crippen molar-refractivity contribution in [2.24, 2.45) is 0 Å². The van der Waals surface area contributed by atoms with Crippen LogP contribution in [0.1, 0.15) is 39.5 Å². The van der Waals surface area contributed by atoms with Gasteiger partial charge in [0.1, 0.15) is 0 Å². The van der Waals surface area contributed by atoms with Crippen LogP contribution in [0.15, 0.2) is 0 Å². The number of hydrogen-bond donors (Lipinski definition) is 2. The molecule has 1 rings (SSSR count). The van der Waals surface area contributed by atoms with Crippen molar-refractivity contribution >= 4 is 11.9 Å². The van der Waals surface area contributed by atoms with Gasteiger partial charge in [0.2, 0.25) is 11.9 Å².